The van der Waals surface area contributed by atoms with Crippen LogP contribution in [0.15, 0.2) is 67.0 Å². The van der Waals surface area contributed by atoms with Gasteiger partial charge in [-0.15, -0.1) is 0 Å². The first-order valence-electron chi connectivity index (χ1n) is 8.04. The Bertz CT molecular complexity index is 814. The quantitative estimate of drug-likeness (QED) is 0.646. The molecule has 2 aromatic carbocycles. The van der Waals surface area contributed by atoms with Gasteiger partial charge in [-0.3, -0.25) is 0 Å². The summed E-state index contributed by atoms with van der Waals surface area (Å²) in [7, 11) is 0. The van der Waals surface area contributed by atoms with Crippen molar-refractivity contribution in [2.75, 3.05) is 0 Å². The fourth-order valence-corrected chi connectivity index (χ4v) is 2.49. The molecule has 0 saturated carbocycles. The molecule has 0 bridgehead atoms. The monoisotopic (exact) mass is 336 g/mol. The van der Waals surface area contributed by atoms with Crippen LogP contribution in [0.5, 0.6) is 0 Å². The largest absolute Gasteiger partial charge is 0.392 e. The lowest BCUT2D eigenvalue weighted by atomic mass is 10.1. The number of hydrogen-bond acceptors (Lipinski definition) is 3. The first kappa shape index (κ1) is 16.7. The molecule has 25 heavy (non-hydrogen) atoms. The predicted octanol–water partition coefficient (Wildman–Crippen LogP) is 2.36. The number of benzene rings is 2. The van der Waals surface area contributed by atoms with Gasteiger partial charge in [0, 0.05) is 25.5 Å². The highest BCUT2D eigenvalue weighted by Gasteiger charge is 2.04. The molecule has 6 nitrogen and oxygen atoms in total. The van der Waals surface area contributed by atoms with Crippen LogP contribution >= 0.6 is 0 Å². The van der Waals surface area contributed by atoms with Crippen molar-refractivity contribution >= 4 is 6.03 Å². The van der Waals surface area contributed by atoms with Gasteiger partial charge in [0.2, 0.25) is 0 Å². The molecule has 0 spiro atoms. The van der Waals surface area contributed by atoms with E-state index in [1.807, 2.05) is 60.8 Å². The van der Waals surface area contributed by atoms with E-state index in [2.05, 4.69) is 15.7 Å². The SMILES string of the molecule is O=C(NCc1ccc(-n2cccn2)cc1)NCc1ccccc1CO. The molecule has 0 atom stereocenters. The summed E-state index contributed by atoms with van der Waals surface area (Å²) in [6, 6.07) is 16.9. The van der Waals surface area contributed by atoms with E-state index >= 15 is 0 Å². The maximum absolute atomic E-state index is 11.9. The molecular weight excluding hydrogens is 316 g/mol. The summed E-state index contributed by atoms with van der Waals surface area (Å²) in [6.07, 6.45) is 3.61. The third-order valence-electron chi connectivity index (χ3n) is 3.89. The second kappa shape index (κ2) is 8.12. The molecule has 1 heterocycles. The summed E-state index contributed by atoms with van der Waals surface area (Å²) in [5.74, 6) is 0. The highest BCUT2D eigenvalue weighted by Crippen LogP contribution is 2.09. The van der Waals surface area contributed by atoms with Gasteiger partial charge in [0.1, 0.15) is 0 Å². The lowest BCUT2D eigenvalue weighted by Gasteiger charge is -2.10. The Morgan fingerprint density at radius 1 is 0.960 bits per heavy atom. The van der Waals surface area contributed by atoms with Crippen molar-refractivity contribution in [3.05, 3.63) is 83.7 Å². The van der Waals surface area contributed by atoms with Crippen molar-refractivity contribution in [2.45, 2.75) is 19.7 Å². The predicted molar refractivity (Wildman–Crippen MR) is 95.0 cm³/mol. The molecule has 6 heteroatoms. The zero-order valence-corrected chi connectivity index (χ0v) is 13.7. The second-order valence-corrected chi connectivity index (χ2v) is 5.58. The zero-order valence-electron chi connectivity index (χ0n) is 13.7. The normalized spacial score (nSPS) is 10.4. The molecule has 0 fully saturated rings. The van der Waals surface area contributed by atoms with Gasteiger partial charge in [-0.25, -0.2) is 9.48 Å². The minimum absolute atomic E-state index is 0.0396. The smallest absolute Gasteiger partial charge is 0.315 e. The van der Waals surface area contributed by atoms with Crippen molar-refractivity contribution in [3.8, 4) is 5.69 Å². The van der Waals surface area contributed by atoms with Gasteiger partial charge in [0.05, 0.1) is 12.3 Å². The third kappa shape index (κ3) is 4.45. The molecule has 2 amide bonds. The molecule has 3 N–H and O–H groups in total. The Kier molecular flexibility index (Phi) is 5.43. The number of nitrogens with zero attached hydrogens (tertiary/aromatic N) is 2. The Hall–Kier alpha value is -3.12. The van der Waals surface area contributed by atoms with Crippen molar-refractivity contribution < 1.29 is 9.90 Å². The molecule has 3 aromatic rings. The number of carbonyl (C=O) groups excluding carboxylic acids is 1. The number of aliphatic hydroxyl groups excluding tert-OH is 1. The molecular formula is C19H20N4O2. The average molecular weight is 336 g/mol. The lowest BCUT2D eigenvalue weighted by Crippen LogP contribution is -2.34. The van der Waals surface area contributed by atoms with Crippen LogP contribution in [-0.4, -0.2) is 20.9 Å². The van der Waals surface area contributed by atoms with Crippen molar-refractivity contribution in [1.29, 1.82) is 0 Å². The topological polar surface area (TPSA) is 79.2 Å². The summed E-state index contributed by atoms with van der Waals surface area (Å²) in [5.41, 5.74) is 3.70. The minimum atomic E-state index is -0.246. The Balaban J connectivity index is 1.49. The highest BCUT2D eigenvalue weighted by molar-refractivity contribution is 5.73. The highest BCUT2D eigenvalue weighted by atomic mass is 16.3. The van der Waals surface area contributed by atoms with Gasteiger partial charge in [0.25, 0.3) is 0 Å². The fraction of sp³-hybridized carbons (Fsp3) is 0.158. The molecule has 0 aliphatic rings. The number of carbonyl (C=O) groups is 1. The van der Waals surface area contributed by atoms with Crippen LogP contribution in [-0.2, 0) is 19.7 Å². The van der Waals surface area contributed by atoms with E-state index in [0.717, 1.165) is 22.4 Å². The fourth-order valence-electron chi connectivity index (χ4n) is 2.49. The Morgan fingerprint density at radius 2 is 1.68 bits per heavy atom. The van der Waals surface area contributed by atoms with E-state index in [0.29, 0.717) is 13.1 Å². The van der Waals surface area contributed by atoms with Crippen LogP contribution in [0, 0.1) is 0 Å². The number of urea groups is 1. The number of rotatable bonds is 6. The molecule has 0 radical (unpaired) electrons. The van der Waals surface area contributed by atoms with Gasteiger partial charge in [-0.05, 0) is 34.9 Å². The molecule has 0 aliphatic carbocycles. The molecule has 3 rings (SSSR count). The first-order valence-corrected chi connectivity index (χ1v) is 8.04. The van der Waals surface area contributed by atoms with Crippen molar-refractivity contribution in [1.82, 2.24) is 20.4 Å². The first-order chi connectivity index (χ1) is 12.3. The van der Waals surface area contributed by atoms with E-state index in [1.54, 1.807) is 10.9 Å². The van der Waals surface area contributed by atoms with Crippen LogP contribution in [0.4, 0.5) is 4.79 Å². The summed E-state index contributed by atoms with van der Waals surface area (Å²) in [4.78, 5) is 11.9. The van der Waals surface area contributed by atoms with Gasteiger partial charge in [-0.1, -0.05) is 36.4 Å². The lowest BCUT2D eigenvalue weighted by molar-refractivity contribution is 0.240. The van der Waals surface area contributed by atoms with E-state index in [4.69, 9.17) is 0 Å². The van der Waals surface area contributed by atoms with Crippen LogP contribution in [0.25, 0.3) is 5.69 Å². The van der Waals surface area contributed by atoms with Crippen molar-refractivity contribution in [2.24, 2.45) is 0 Å². The Morgan fingerprint density at radius 3 is 2.36 bits per heavy atom. The summed E-state index contributed by atoms with van der Waals surface area (Å²) >= 11 is 0. The summed E-state index contributed by atoms with van der Waals surface area (Å²) < 4.78 is 1.78. The van der Waals surface area contributed by atoms with Gasteiger partial charge in [-0.2, -0.15) is 5.10 Å². The minimum Gasteiger partial charge on any atom is -0.392 e. The van der Waals surface area contributed by atoms with Crippen LogP contribution in [0.2, 0.25) is 0 Å². The maximum Gasteiger partial charge on any atom is 0.315 e. The summed E-state index contributed by atoms with van der Waals surface area (Å²) in [6.45, 7) is 0.774. The zero-order chi connectivity index (χ0) is 17.5. The van der Waals surface area contributed by atoms with E-state index < -0.39 is 0 Å². The average Bonchev–Trinajstić information content (AvgIpc) is 3.20. The van der Waals surface area contributed by atoms with Crippen LogP contribution < -0.4 is 10.6 Å². The standard InChI is InChI=1S/C19H20N4O2/c24-14-17-5-2-1-4-16(17)13-21-19(25)20-12-15-6-8-18(9-7-15)23-11-3-10-22-23/h1-11,24H,12-14H2,(H2,20,21,25). The number of nitrogens with one attached hydrogen (secondary N) is 2. The van der Waals surface area contributed by atoms with Crippen LogP contribution in [0.3, 0.4) is 0 Å². The van der Waals surface area contributed by atoms with Crippen LogP contribution in [0.1, 0.15) is 16.7 Å². The molecule has 1 aromatic heterocycles. The van der Waals surface area contributed by atoms with Gasteiger partial charge >= 0.3 is 6.03 Å². The second-order valence-electron chi connectivity index (χ2n) is 5.58. The molecule has 0 saturated heterocycles. The number of amides is 2. The number of aromatic nitrogens is 2. The number of aliphatic hydroxyl groups is 1. The van der Waals surface area contributed by atoms with Gasteiger partial charge < -0.3 is 15.7 Å². The Labute approximate surface area is 146 Å². The van der Waals surface area contributed by atoms with Gasteiger partial charge in [0.15, 0.2) is 0 Å². The van der Waals surface area contributed by atoms with E-state index in [9.17, 15) is 9.90 Å². The van der Waals surface area contributed by atoms with E-state index in [1.165, 1.54) is 0 Å². The summed E-state index contributed by atoms with van der Waals surface area (Å²) in [5, 5.41) is 19.1. The molecule has 0 unspecified atom stereocenters. The number of hydrogen-bond donors (Lipinski definition) is 3. The maximum atomic E-state index is 11.9. The molecule has 0 aliphatic heterocycles. The van der Waals surface area contributed by atoms with E-state index in [-0.39, 0.29) is 12.6 Å². The third-order valence-corrected chi connectivity index (χ3v) is 3.89. The van der Waals surface area contributed by atoms with Crippen molar-refractivity contribution in [3.63, 3.8) is 0 Å². The molecule has 128 valence electrons.